The Morgan fingerprint density at radius 3 is 2.65 bits per heavy atom. The first kappa shape index (κ1) is 15.1. The van der Waals surface area contributed by atoms with Crippen LogP contribution < -0.4 is 14.8 Å². The zero-order valence-electron chi connectivity index (χ0n) is 12.4. The highest BCUT2D eigenvalue weighted by Gasteiger charge is 2.25. The Balaban J connectivity index is 1.98. The number of hydrogen-bond acceptors (Lipinski definition) is 4. The van der Waals surface area contributed by atoms with Crippen LogP contribution in [0.4, 0.5) is 0 Å². The number of aliphatic hydroxyl groups is 1. The third kappa shape index (κ3) is 3.25. The molecule has 0 saturated heterocycles. The molecule has 0 unspecified atom stereocenters. The van der Waals surface area contributed by atoms with Crippen LogP contribution in [0.25, 0.3) is 0 Å². The maximum absolute atomic E-state index is 9.58. The number of ether oxygens (including phenoxy) is 2. The van der Waals surface area contributed by atoms with Gasteiger partial charge in [-0.3, -0.25) is 0 Å². The Morgan fingerprint density at radius 2 is 1.95 bits per heavy atom. The van der Waals surface area contributed by atoms with Crippen LogP contribution >= 0.6 is 0 Å². The van der Waals surface area contributed by atoms with E-state index in [1.54, 1.807) is 0 Å². The molecule has 4 heteroatoms. The van der Waals surface area contributed by atoms with Gasteiger partial charge in [0, 0.05) is 30.7 Å². The molecule has 112 valence electrons. The molecular formula is C16H25NO3. The lowest BCUT2D eigenvalue weighted by atomic mass is 9.83. The van der Waals surface area contributed by atoms with Crippen molar-refractivity contribution in [1.82, 2.24) is 5.32 Å². The van der Waals surface area contributed by atoms with Gasteiger partial charge in [-0.15, -0.1) is 0 Å². The van der Waals surface area contributed by atoms with E-state index in [1.807, 2.05) is 12.1 Å². The van der Waals surface area contributed by atoms with Crippen molar-refractivity contribution in [2.75, 3.05) is 26.4 Å². The van der Waals surface area contributed by atoms with Crippen molar-refractivity contribution >= 4 is 0 Å². The molecule has 0 spiro atoms. The Hall–Kier alpha value is -1.26. The second kappa shape index (κ2) is 6.95. The van der Waals surface area contributed by atoms with Gasteiger partial charge < -0.3 is 19.9 Å². The van der Waals surface area contributed by atoms with Crippen molar-refractivity contribution < 1.29 is 14.6 Å². The van der Waals surface area contributed by atoms with Gasteiger partial charge in [0.05, 0.1) is 0 Å². The Labute approximate surface area is 121 Å². The van der Waals surface area contributed by atoms with Crippen LogP contribution in [0.15, 0.2) is 18.2 Å². The fraction of sp³-hybridized carbons (Fsp3) is 0.625. The lowest BCUT2D eigenvalue weighted by molar-refractivity contribution is 0.112. The van der Waals surface area contributed by atoms with Crippen LogP contribution in [0.2, 0.25) is 0 Å². The first-order valence-corrected chi connectivity index (χ1v) is 7.43. The van der Waals surface area contributed by atoms with Gasteiger partial charge in [-0.1, -0.05) is 26.0 Å². The summed E-state index contributed by atoms with van der Waals surface area (Å²) in [5.74, 6) is 1.68. The molecule has 1 heterocycles. The highest BCUT2D eigenvalue weighted by atomic mass is 16.6. The van der Waals surface area contributed by atoms with Gasteiger partial charge in [0.2, 0.25) is 0 Å². The maximum Gasteiger partial charge on any atom is 0.165 e. The normalized spacial score (nSPS) is 14.3. The number of nitrogens with one attached hydrogen (secondary N) is 1. The van der Waals surface area contributed by atoms with E-state index in [2.05, 4.69) is 25.2 Å². The van der Waals surface area contributed by atoms with Crippen molar-refractivity contribution in [2.45, 2.75) is 33.2 Å². The summed E-state index contributed by atoms with van der Waals surface area (Å²) in [7, 11) is 0. The summed E-state index contributed by atoms with van der Waals surface area (Å²) in [5, 5.41) is 13.0. The summed E-state index contributed by atoms with van der Waals surface area (Å²) in [6.45, 7) is 7.23. The van der Waals surface area contributed by atoms with Gasteiger partial charge >= 0.3 is 0 Å². The number of fused-ring (bicyclic) bond motifs is 1. The lowest BCUT2D eigenvalue weighted by Gasteiger charge is -2.30. The molecule has 0 saturated carbocycles. The van der Waals surface area contributed by atoms with Gasteiger partial charge in [0.25, 0.3) is 0 Å². The predicted molar refractivity (Wildman–Crippen MR) is 79.2 cm³/mol. The van der Waals surface area contributed by atoms with Crippen molar-refractivity contribution in [2.24, 2.45) is 5.41 Å². The molecule has 1 aromatic carbocycles. The number of rotatable bonds is 7. The SMILES string of the molecule is CCC(CC)(CO)CNCc1cccc2c1OCCO2. The summed E-state index contributed by atoms with van der Waals surface area (Å²) >= 11 is 0. The van der Waals surface area contributed by atoms with Crippen LogP contribution in [0.1, 0.15) is 32.3 Å². The number of para-hydroxylation sites is 1. The summed E-state index contributed by atoms with van der Waals surface area (Å²) < 4.78 is 11.3. The fourth-order valence-electron chi connectivity index (χ4n) is 2.52. The molecule has 0 aliphatic carbocycles. The van der Waals surface area contributed by atoms with E-state index in [4.69, 9.17) is 9.47 Å². The molecule has 0 fully saturated rings. The minimum atomic E-state index is -0.0216. The van der Waals surface area contributed by atoms with E-state index in [9.17, 15) is 5.11 Å². The number of aliphatic hydroxyl groups excluding tert-OH is 1. The predicted octanol–water partition coefficient (Wildman–Crippen LogP) is 2.35. The van der Waals surface area contributed by atoms with E-state index in [1.165, 1.54) is 0 Å². The Morgan fingerprint density at radius 1 is 1.20 bits per heavy atom. The van der Waals surface area contributed by atoms with Gasteiger partial charge in [0.1, 0.15) is 13.2 Å². The quantitative estimate of drug-likeness (QED) is 0.804. The first-order valence-electron chi connectivity index (χ1n) is 7.43. The lowest BCUT2D eigenvalue weighted by Crippen LogP contribution is -2.36. The zero-order chi connectivity index (χ0) is 14.4. The third-order valence-corrected chi connectivity index (χ3v) is 4.30. The molecule has 20 heavy (non-hydrogen) atoms. The second-order valence-corrected chi connectivity index (χ2v) is 5.41. The van der Waals surface area contributed by atoms with Crippen LogP contribution in [-0.2, 0) is 6.54 Å². The highest BCUT2D eigenvalue weighted by Crippen LogP contribution is 2.33. The first-order chi connectivity index (χ1) is 9.74. The average Bonchev–Trinajstić information content (AvgIpc) is 2.52. The minimum absolute atomic E-state index is 0.0216. The number of benzene rings is 1. The summed E-state index contributed by atoms with van der Waals surface area (Å²) in [6, 6.07) is 5.98. The molecule has 0 amide bonds. The fourth-order valence-corrected chi connectivity index (χ4v) is 2.52. The highest BCUT2D eigenvalue weighted by molar-refractivity contribution is 5.47. The molecular weight excluding hydrogens is 254 g/mol. The summed E-state index contributed by atoms with van der Waals surface area (Å²) in [5.41, 5.74) is 1.09. The molecule has 0 radical (unpaired) electrons. The van der Waals surface area contributed by atoms with Crippen LogP contribution in [-0.4, -0.2) is 31.5 Å². The van der Waals surface area contributed by atoms with E-state index >= 15 is 0 Å². The van der Waals surface area contributed by atoms with Crippen LogP contribution in [0.5, 0.6) is 11.5 Å². The molecule has 2 rings (SSSR count). The summed E-state index contributed by atoms with van der Waals surface area (Å²) in [4.78, 5) is 0. The standard InChI is InChI=1S/C16H25NO3/c1-3-16(4-2,12-18)11-17-10-13-6-5-7-14-15(13)20-9-8-19-14/h5-7,17-18H,3-4,8-12H2,1-2H3. The third-order valence-electron chi connectivity index (χ3n) is 4.30. The van der Waals surface area contributed by atoms with Crippen LogP contribution in [0.3, 0.4) is 0 Å². The zero-order valence-corrected chi connectivity index (χ0v) is 12.4. The topological polar surface area (TPSA) is 50.7 Å². The second-order valence-electron chi connectivity index (χ2n) is 5.41. The molecule has 0 aromatic heterocycles. The molecule has 1 aliphatic heterocycles. The van der Waals surface area contributed by atoms with Crippen molar-refractivity contribution in [3.05, 3.63) is 23.8 Å². The Kier molecular flexibility index (Phi) is 5.26. The Bertz CT molecular complexity index is 421. The van der Waals surface area contributed by atoms with Gasteiger partial charge in [-0.2, -0.15) is 0 Å². The maximum atomic E-state index is 9.58. The van der Waals surface area contributed by atoms with Crippen molar-refractivity contribution in [1.29, 1.82) is 0 Å². The summed E-state index contributed by atoms with van der Waals surface area (Å²) in [6.07, 6.45) is 1.94. The molecule has 1 aromatic rings. The molecule has 2 N–H and O–H groups in total. The molecule has 0 atom stereocenters. The van der Waals surface area contributed by atoms with Gasteiger partial charge in [-0.05, 0) is 18.9 Å². The smallest absolute Gasteiger partial charge is 0.165 e. The van der Waals surface area contributed by atoms with Gasteiger partial charge in [0.15, 0.2) is 11.5 Å². The minimum Gasteiger partial charge on any atom is -0.486 e. The molecule has 1 aliphatic rings. The molecule has 0 bridgehead atoms. The molecule has 4 nitrogen and oxygen atoms in total. The van der Waals surface area contributed by atoms with Crippen LogP contribution in [0, 0.1) is 5.41 Å². The van der Waals surface area contributed by atoms with Crippen molar-refractivity contribution in [3.8, 4) is 11.5 Å². The monoisotopic (exact) mass is 279 g/mol. The van der Waals surface area contributed by atoms with Gasteiger partial charge in [-0.25, -0.2) is 0 Å². The van der Waals surface area contributed by atoms with Crippen molar-refractivity contribution in [3.63, 3.8) is 0 Å². The number of hydrogen-bond donors (Lipinski definition) is 2. The van der Waals surface area contributed by atoms with E-state index in [0.717, 1.165) is 43.0 Å². The van der Waals surface area contributed by atoms with E-state index < -0.39 is 0 Å². The van der Waals surface area contributed by atoms with E-state index in [0.29, 0.717) is 13.2 Å². The largest absolute Gasteiger partial charge is 0.486 e. The van der Waals surface area contributed by atoms with E-state index in [-0.39, 0.29) is 12.0 Å². The average molecular weight is 279 g/mol.